The number of hydrogen-bond acceptors (Lipinski definition) is 5. The first kappa shape index (κ1) is 27.9. The number of aryl methyl sites for hydroxylation is 1. The summed E-state index contributed by atoms with van der Waals surface area (Å²) in [6.45, 7) is 1.83. The van der Waals surface area contributed by atoms with Crippen LogP contribution in [0.3, 0.4) is 0 Å². The van der Waals surface area contributed by atoms with E-state index in [2.05, 4.69) is 91.9 Å². The predicted molar refractivity (Wildman–Crippen MR) is 152 cm³/mol. The zero-order chi connectivity index (χ0) is 27.5. The number of hydrogen-bond donors (Lipinski definition) is 0. The van der Waals surface area contributed by atoms with Crippen LogP contribution in [0, 0.1) is 30.1 Å². The van der Waals surface area contributed by atoms with Gasteiger partial charge in [0.25, 0.3) is 0 Å². The molecule has 0 unspecified atom stereocenters. The molecule has 7 heteroatoms. The molecule has 4 aliphatic carbocycles. The third kappa shape index (κ3) is 6.94. The van der Waals surface area contributed by atoms with Crippen molar-refractivity contribution in [2.24, 2.45) is 23.2 Å². The Balaban J connectivity index is 0.000000158. The highest BCUT2D eigenvalue weighted by Gasteiger charge is 2.55. The molecule has 5 nitrogen and oxygen atoms in total. The normalized spacial score (nSPS) is 25.2. The largest absolute Gasteiger partial charge is 0.748 e. The molecule has 206 valence electrons. The van der Waals surface area contributed by atoms with Crippen LogP contribution in [0.15, 0.2) is 99.6 Å². The van der Waals surface area contributed by atoms with Gasteiger partial charge in [0.15, 0.2) is 14.7 Å². The van der Waals surface area contributed by atoms with Gasteiger partial charge in [-0.1, -0.05) is 54.1 Å². The molecule has 0 amide bonds. The second-order valence-corrected chi connectivity index (χ2v) is 14.9. The fourth-order valence-corrected chi connectivity index (χ4v) is 9.32. The summed E-state index contributed by atoms with van der Waals surface area (Å²) < 4.78 is 36.6. The molecule has 3 aromatic carbocycles. The second-order valence-electron chi connectivity index (χ2n) is 11.3. The minimum atomic E-state index is -4.30. The van der Waals surface area contributed by atoms with Crippen LogP contribution in [0.5, 0.6) is 0 Å². The van der Waals surface area contributed by atoms with Gasteiger partial charge in [-0.15, -0.1) is 0 Å². The summed E-state index contributed by atoms with van der Waals surface area (Å²) in [5, 5.41) is 0. The summed E-state index contributed by atoms with van der Waals surface area (Å²) in [4.78, 5) is 16.4. The molecule has 0 atom stereocenters. The van der Waals surface area contributed by atoms with Crippen LogP contribution in [-0.2, 0) is 30.5 Å². The molecule has 4 bridgehead atoms. The first-order chi connectivity index (χ1) is 18.7. The lowest BCUT2D eigenvalue weighted by Gasteiger charge is -2.55. The van der Waals surface area contributed by atoms with Gasteiger partial charge in [0.05, 0.1) is 32.2 Å². The van der Waals surface area contributed by atoms with Crippen LogP contribution in [0.2, 0.25) is 0 Å². The van der Waals surface area contributed by atoms with Crippen LogP contribution in [-0.4, -0.2) is 31.3 Å². The Labute approximate surface area is 235 Å². The fourth-order valence-electron chi connectivity index (χ4n) is 6.95. The molecular weight excluding hydrogens is 528 g/mol. The molecule has 0 aliphatic heterocycles. The maximum absolute atomic E-state index is 12.3. The van der Waals surface area contributed by atoms with Gasteiger partial charge in [-0.05, 0) is 99.6 Å². The van der Waals surface area contributed by atoms with Gasteiger partial charge < -0.3 is 9.29 Å². The quantitative estimate of drug-likeness (QED) is 0.189. The molecule has 0 aromatic heterocycles. The SMILES string of the molecule is Cc1ccc([S+](c2ccccc2)c2ccccc2)cc1.O=C(OCCS(=O)(=O)[O-])C12CC3CC(CC(C3)C1)C2. The zero-order valence-corrected chi connectivity index (χ0v) is 24.0. The molecule has 39 heavy (non-hydrogen) atoms. The van der Waals surface area contributed by atoms with Crippen LogP contribution in [0.1, 0.15) is 44.1 Å². The van der Waals surface area contributed by atoms with Crippen molar-refractivity contribution in [1.29, 1.82) is 0 Å². The molecule has 0 radical (unpaired) electrons. The van der Waals surface area contributed by atoms with Gasteiger partial charge >= 0.3 is 5.97 Å². The third-order valence-electron chi connectivity index (χ3n) is 8.25. The predicted octanol–water partition coefficient (Wildman–Crippen LogP) is 6.38. The Hall–Kier alpha value is -2.61. The minimum absolute atomic E-state index is 0.0229. The standard InChI is InChI=1S/C19H17S.C13H20O5S/c1-16-12-14-19(15-13-16)20(17-8-4-2-5-9-17)18-10-6-3-7-11-18;14-12(18-1-2-19(15,16)17)13-6-9-3-10(7-13)5-11(4-9)8-13/h2-15H,1H3;9-11H,1-8H2,(H,15,16,17)/q+1;/p-1. The van der Waals surface area contributed by atoms with E-state index in [0.717, 1.165) is 19.3 Å². The Morgan fingerprint density at radius 1 is 0.795 bits per heavy atom. The molecule has 0 saturated heterocycles. The van der Waals surface area contributed by atoms with Crippen LogP contribution < -0.4 is 0 Å². The maximum atomic E-state index is 12.3. The Bertz CT molecular complexity index is 1280. The van der Waals surface area contributed by atoms with E-state index in [1.807, 2.05) is 0 Å². The summed E-state index contributed by atoms with van der Waals surface area (Å²) in [7, 11) is -4.33. The molecule has 4 aliphatic rings. The summed E-state index contributed by atoms with van der Waals surface area (Å²) in [6.07, 6.45) is 6.39. The van der Waals surface area contributed by atoms with E-state index in [1.54, 1.807) is 0 Å². The number of benzene rings is 3. The average molecular weight is 565 g/mol. The van der Waals surface area contributed by atoms with E-state index in [-0.39, 0.29) is 28.9 Å². The Morgan fingerprint density at radius 3 is 1.67 bits per heavy atom. The molecule has 3 aromatic rings. The number of carbonyl (C=O) groups excluding carboxylic acids is 1. The van der Waals surface area contributed by atoms with E-state index in [0.29, 0.717) is 17.8 Å². The van der Waals surface area contributed by atoms with Gasteiger partial charge in [-0.3, -0.25) is 4.79 Å². The van der Waals surface area contributed by atoms with Crippen LogP contribution in [0.4, 0.5) is 0 Å². The third-order valence-corrected chi connectivity index (χ3v) is 11.1. The van der Waals surface area contributed by atoms with Crippen molar-refractivity contribution in [3.05, 3.63) is 90.5 Å². The average Bonchev–Trinajstić information content (AvgIpc) is 2.90. The fraction of sp³-hybridized carbons (Fsp3) is 0.406. The van der Waals surface area contributed by atoms with E-state index in [1.165, 1.54) is 39.5 Å². The summed E-state index contributed by atoms with van der Waals surface area (Å²) in [6, 6.07) is 30.4. The van der Waals surface area contributed by atoms with Gasteiger partial charge in [0.2, 0.25) is 0 Å². The number of ether oxygens (including phenoxy) is 1. The van der Waals surface area contributed by atoms with Crippen molar-refractivity contribution in [2.45, 2.75) is 60.1 Å². The highest BCUT2D eigenvalue weighted by molar-refractivity contribution is 7.97. The van der Waals surface area contributed by atoms with Gasteiger partial charge in [-0.2, -0.15) is 0 Å². The smallest absolute Gasteiger partial charge is 0.312 e. The lowest BCUT2D eigenvalue weighted by atomic mass is 9.49. The highest BCUT2D eigenvalue weighted by atomic mass is 32.2. The molecule has 4 saturated carbocycles. The molecule has 0 heterocycles. The monoisotopic (exact) mass is 564 g/mol. The number of rotatable bonds is 7. The summed E-state index contributed by atoms with van der Waals surface area (Å²) >= 11 is 0. The first-order valence-electron chi connectivity index (χ1n) is 13.7. The topological polar surface area (TPSA) is 83.5 Å². The van der Waals surface area contributed by atoms with Gasteiger partial charge in [-0.25, -0.2) is 8.42 Å². The molecule has 7 rings (SSSR count). The highest BCUT2D eigenvalue weighted by Crippen LogP contribution is 2.60. The van der Waals surface area contributed by atoms with Crippen LogP contribution in [0.25, 0.3) is 0 Å². The number of esters is 1. The first-order valence-corrected chi connectivity index (χ1v) is 16.5. The van der Waals surface area contributed by atoms with Crippen molar-refractivity contribution in [3.8, 4) is 0 Å². The van der Waals surface area contributed by atoms with E-state index in [9.17, 15) is 17.8 Å². The van der Waals surface area contributed by atoms with Crippen molar-refractivity contribution < 1.29 is 22.5 Å². The lowest BCUT2D eigenvalue weighted by molar-refractivity contribution is -0.170. The Morgan fingerprint density at radius 2 is 1.23 bits per heavy atom. The summed E-state index contributed by atoms with van der Waals surface area (Å²) in [5.41, 5.74) is 0.930. The van der Waals surface area contributed by atoms with Crippen molar-refractivity contribution >= 4 is 27.0 Å². The molecule has 4 fully saturated rings. The molecule has 0 N–H and O–H groups in total. The van der Waals surface area contributed by atoms with Gasteiger partial charge in [0, 0.05) is 0 Å². The minimum Gasteiger partial charge on any atom is -0.748 e. The molecular formula is C32H36O5S2. The molecule has 0 spiro atoms. The van der Waals surface area contributed by atoms with E-state index >= 15 is 0 Å². The van der Waals surface area contributed by atoms with E-state index < -0.39 is 15.9 Å². The second kappa shape index (κ2) is 11.9. The van der Waals surface area contributed by atoms with Crippen LogP contribution >= 0.6 is 0 Å². The van der Waals surface area contributed by atoms with Crippen molar-refractivity contribution in [3.63, 3.8) is 0 Å². The zero-order valence-electron chi connectivity index (χ0n) is 22.3. The lowest BCUT2D eigenvalue weighted by Crippen LogP contribution is -2.50. The number of carbonyl (C=O) groups is 1. The summed E-state index contributed by atoms with van der Waals surface area (Å²) in [5.74, 6) is 1.03. The van der Waals surface area contributed by atoms with Crippen molar-refractivity contribution in [2.75, 3.05) is 12.4 Å². The Kier molecular flexibility index (Phi) is 8.50. The van der Waals surface area contributed by atoms with Gasteiger partial charge in [0.1, 0.15) is 6.61 Å². The van der Waals surface area contributed by atoms with Crippen molar-refractivity contribution in [1.82, 2.24) is 0 Å². The van der Waals surface area contributed by atoms with E-state index in [4.69, 9.17) is 4.74 Å². The maximum Gasteiger partial charge on any atom is 0.312 e.